The molecule has 3 rings (SSSR count). The van der Waals surface area contributed by atoms with Crippen molar-refractivity contribution < 1.29 is 31.5 Å². The maximum atomic E-state index is 13.6. The van der Waals surface area contributed by atoms with Crippen molar-refractivity contribution in [1.29, 1.82) is 0 Å². The van der Waals surface area contributed by atoms with Crippen LogP contribution < -0.4 is 4.74 Å². The second-order valence-corrected chi connectivity index (χ2v) is 6.69. The topological polar surface area (TPSA) is 42.7 Å². The summed E-state index contributed by atoms with van der Waals surface area (Å²) in [4.78, 5) is 14.4. The summed E-state index contributed by atoms with van der Waals surface area (Å²) >= 11 is 0. The van der Waals surface area contributed by atoms with Crippen molar-refractivity contribution in [3.63, 3.8) is 0 Å². The Balaban J connectivity index is 1.73. The van der Waals surface area contributed by atoms with E-state index in [9.17, 15) is 22.4 Å². The highest BCUT2D eigenvalue weighted by atomic mass is 19.2. The minimum absolute atomic E-state index is 0.0700. The van der Waals surface area contributed by atoms with Crippen molar-refractivity contribution in [3.05, 3.63) is 53.0 Å². The number of carbonyl (C=O) groups excluding carboxylic acids is 1. The van der Waals surface area contributed by atoms with Crippen molar-refractivity contribution in [3.8, 4) is 5.75 Å². The highest BCUT2D eigenvalue weighted by Gasteiger charge is 2.31. The molecule has 1 aromatic heterocycles. The Labute approximate surface area is 153 Å². The number of benzene rings is 1. The van der Waals surface area contributed by atoms with Crippen molar-refractivity contribution in [2.45, 2.75) is 51.8 Å². The van der Waals surface area contributed by atoms with E-state index in [1.165, 1.54) is 12.1 Å². The third-order valence-corrected chi connectivity index (χ3v) is 4.73. The van der Waals surface area contributed by atoms with Gasteiger partial charge >= 0.3 is 0 Å². The second-order valence-electron chi connectivity index (χ2n) is 6.69. The number of hydrogen-bond donors (Lipinski definition) is 0. The van der Waals surface area contributed by atoms with Gasteiger partial charge in [-0.1, -0.05) is 0 Å². The van der Waals surface area contributed by atoms with E-state index in [2.05, 4.69) is 0 Å². The van der Waals surface area contributed by atoms with Gasteiger partial charge in [-0.2, -0.15) is 8.78 Å². The minimum Gasteiger partial charge on any atom is -0.479 e. The molecule has 0 saturated carbocycles. The zero-order valence-electron chi connectivity index (χ0n) is 14.9. The summed E-state index contributed by atoms with van der Waals surface area (Å²) in [6, 6.07) is 3.10. The van der Waals surface area contributed by atoms with E-state index in [4.69, 9.17) is 9.15 Å². The van der Waals surface area contributed by atoms with Gasteiger partial charge in [-0.15, -0.1) is 0 Å². The van der Waals surface area contributed by atoms with Gasteiger partial charge in [-0.3, -0.25) is 4.79 Å². The molecule has 1 saturated heterocycles. The number of carbonyl (C=O) groups is 1. The summed E-state index contributed by atoms with van der Waals surface area (Å²) in [6.07, 6.45) is 2.84. The van der Waals surface area contributed by atoms with Gasteiger partial charge in [-0.05, 0) is 45.2 Å². The Morgan fingerprint density at radius 2 is 1.70 bits per heavy atom. The quantitative estimate of drug-likeness (QED) is 0.560. The van der Waals surface area contributed by atoms with Crippen molar-refractivity contribution in [1.82, 2.24) is 4.90 Å². The highest BCUT2D eigenvalue weighted by molar-refractivity contribution is 5.92. The number of furan rings is 1. The molecule has 1 fully saturated rings. The molecule has 1 aliphatic rings. The van der Waals surface area contributed by atoms with Crippen LogP contribution in [-0.4, -0.2) is 22.9 Å². The molecule has 2 heterocycles. The van der Waals surface area contributed by atoms with Crippen LogP contribution in [0.4, 0.5) is 17.6 Å². The summed E-state index contributed by atoms with van der Waals surface area (Å²) < 4.78 is 63.9. The number of amides is 1. The predicted octanol–water partition coefficient (Wildman–Crippen LogP) is 4.82. The van der Waals surface area contributed by atoms with Crippen molar-refractivity contribution in [2.75, 3.05) is 0 Å². The SMILES string of the molecule is C[C@@H]1CCC[C@@H](C)N1C(=O)c1ccc(COc2c(F)c(F)cc(F)c2F)o1. The van der Waals surface area contributed by atoms with E-state index >= 15 is 0 Å². The zero-order chi connectivity index (χ0) is 19.7. The van der Waals surface area contributed by atoms with Gasteiger partial charge in [0.2, 0.25) is 11.6 Å². The van der Waals surface area contributed by atoms with E-state index in [1.54, 1.807) is 4.90 Å². The lowest BCUT2D eigenvalue weighted by molar-refractivity contribution is 0.0474. The Morgan fingerprint density at radius 3 is 2.30 bits per heavy atom. The normalized spacial score (nSPS) is 20.0. The van der Waals surface area contributed by atoms with Crippen LogP contribution in [0.15, 0.2) is 22.6 Å². The Kier molecular flexibility index (Phi) is 5.43. The fourth-order valence-electron chi connectivity index (χ4n) is 3.34. The molecule has 0 radical (unpaired) electrons. The maximum Gasteiger partial charge on any atom is 0.290 e. The molecule has 146 valence electrons. The van der Waals surface area contributed by atoms with Crippen LogP contribution in [0.1, 0.15) is 49.4 Å². The van der Waals surface area contributed by atoms with Crippen LogP contribution in [0, 0.1) is 23.3 Å². The fourth-order valence-corrected chi connectivity index (χ4v) is 3.34. The number of ether oxygens (including phenoxy) is 1. The number of likely N-dealkylation sites (tertiary alicyclic amines) is 1. The lowest BCUT2D eigenvalue weighted by Crippen LogP contribution is -2.47. The summed E-state index contributed by atoms with van der Waals surface area (Å²) in [7, 11) is 0. The number of piperidine rings is 1. The minimum atomic E-state index is -1.63. The average Bonchev–Trinajstić information content (AvgIpc) is 3.09. The third kappa shape index (κ3) is 3.79. The summed E-state index contributed by atoms with van der Waals surface area (Å²) in [5.41, 5.74) is 0. The van der Waals surface area contributed by atoms with Crippen LogP contribution in [0.3, 0.4) is 0 Å². The van der Waals surface area contributed by atoms with E-state index in [1.807, 2.05) is 13.8 Å². The van der Waals surface area contributed by atoms with Crippen molar-refractivity contribution >= 4 is 5.91 Å². The smallest absolute Gasteiger partial charge is 0.290 e. The van der Waals surface area contributed by atoms with Gasteiger partial charge in [0.15, 0.2) is 23.1 Å². The number of halogens is 4. The molecular formula is C19H19F4NO3. The standard InChI is InChI=1S/C19H19F4NO3/c1-10-4-3-5-11(2)24(10)19(25)15-7-6-12(27-15)9-26-18-16(22)13(20)8-14(21)17(18)23/h6-8,10-11H,3-5,9H2,1-2H3/t10-,11-/m1/s1. The van der Waals surface area contributed by atoms with E-state index in [0.29, 0.717) is 0 Å². The summed E-state index contributed by atoms with van der Waals surface area (Å²) in [5, 5.41) is 0. The number of nitrogens with zero attached hydrogens (tertiary/aromatic N) is 1. The molecule has 0 aliphatic carbocycles. The van der Waals surface area contributed by atoms with Crippen LogP contribution >= 0.6 is 0 Å². The molecule has 1 amide bonds. The Morgan fingerprint density at radius 1 is 1.11 bits per heavy atom. The summed E-state index contributed by atoms with van der Waals surface area (Å²) in [6.45, 7) is 3.43. The first-order valence-corrected chi connectivity index (χ1v) is 8.66. The molecule has 0 unspecified atom stereocenters. The van der Waals surface area contributed by atoms with Crippen LogP contribution in [0.25, 0.3) is 0 Å². The van der Waals surface area contributed by atoms with E-state index in [-0.39, 0.29) is 35.6 Å². The first kappa shape index (κ1) is 19.3. The first-order chi connectivity index (χ1) is 12.8. The maximum absolute atomic E-state index is 13.6. The Hall–Kier alpha value is -2.51. The van der Waals surface area contributed by atoms with E-state index < -0.39 is 35.6 Å². The van der Waals surface area contributed by atoms with Crippen LogP contribution in [0.2, 0.25) is 0 Å². The molecule has 0 N–H and O–H groups in total. The molecule has 2 atom stereocenters. The largest absolute Gasteiger partial charge is 0.479 e. The van der Waals surface area contributed by atoms with Gasteiger partial charge in [-0.25, -0.2) is 8.78 Å². The van der Waals surface area contributed by atoms with Gasteiger partial charge in [0.1, 0.15) is 12.4 Å². The monoisotopic (exact) mass is 385 g/mol. The molecule has 4 nitrogen and oxygen atoms in total. The lowest BCUT2D eigenvalue weighted by atomic mass is 9.97. The molecule has 1 aliphatic heterocycles. The number of rotatable bonds is 4. The molecule has 2 aromatic rings. The van der Waals surface area contributed by atoms with Gasteiger partial charge < -0.3 is 14.1 Å². The second kappa shape index (κ2) is 7.62. The number of hydrogen-bond acceptors (Lipinski definition) is 3. The Bertz CT molecular complexity index is 815. The van der Waals surface area contributed by atoms with Crippen LogP contribution in [-0.2, 0) is 6.61 Å². The van der Waals surface area contributed by atoms with Crippen molar-refractivity contribution in [2.24, 2.45) is 0 Å². The fraction of sp³-hybridized carbons (Fsp3) is 0.421. The van der Waals surface area contributed by atoms with Crippen LogP contribution in [0.5, 0.6) is 5.75 Å². The zero-order valence-corrected chi connectivity index (χ0v) is 14.9. The third-order valence-electron chi connectivity index (χ3n) is 4.73. The predicted molar refractivity (Wildman–Crippen MR) is 88.3 cm³/mol. The van der Waals surface area contributed by atoms with Gasteiger partial charge in [0.05, 0.1) is 0 Å². The first-order valence-electron chi connectivity index (χ1n) is 8.66. The molecule has 0 spiro atoms. The molecule has 27 heavy (non-hydrogen) atoms. The van der Waals surface area contributed by atoms with E-state index in [0.717, 1.165) is 19.3 Å². The molecular weight excluding hydrogens is 366 g/mol. The summed E-state index contributed by atoms with van der Waals surface area (Å²) in [5.74, 6) is -7.68. The molecule has 0 bridgehead atoms. The average molecular weight is 385 g/mol. The highest BCUT2D eigenvalue weighted by Crippen LogP contribution is 2.28. The van der Waals surface area contributed by atoms with Gasteiger partial charge in [0, 0.05) is 18.2 Å². The molecule has 8 heteroatoms. The lowest BCUT2D eigenvalue weighted by Gasteiger charge is -2.38. The molecule has 1 aromatic carbocycles. The van der Waals surface area contributed by atoms with Gasteiger partial charge in [0.25, 0.3) is 5.91 Å².